The fraction of sp³-hybridized carbons (Fsp3) is 0.0526. The standard InChI is InChI=1S/C19H13ClN4OS/c1-25-13-4-2-3-11(7-13)17-10-24-19(22-17)26-18(23-24)15-9-21-16-6-5-12(20)8-14(15)16/h2-10,21H,1H3. The number of halogens is 1. The van der Waals surface area contributed by atoms with Gasteiger partial charge >= 0.3 is 0 Å². The smallest absolute Gasteiger partial charge is 0.213 e. The Morgan fingerprint density at radius 2 is 2.12 bits per heavy atom. The molecule has 128 valence electrons. The number of nitrogens with zero attached hydrogens (tertiary/aromatic N) is 3. The molecule has 0 aliphatic heterocycles. The van der Waals surface area contributed by atoms with Gasteiger partial charge in [-0.25, -0.2) is 9.50 Å². The summed E-state index contributed by atoms with van der Waals surface area (Å²) in [5.41, 5.74) is 3.94. The summed E-state index contributed by atoms with van der Waals surface area (Å²) in [5, 5.41) is 7.37. The molecule has 5 aromatic rings. The van der Waals surface area contributed by atoms with Crippen molar-refractivity contribution in [2.24, 2.45) is 0 Å². The van der Waals surface area contributed by atoms with Gasteiger partial charge in [-0.2, -0.15) is 5.10 Å². The van der Waals surface area contributed by atoms with E-state index in [0.717, 1.165) is 43.4 Å². The normalized spacial score (nSPS) is 11.5. The van der Waals surface area contributed by atoms with Crippen molar-refractivity contribution in [1.29, 1.82) is 0 Å². The van der Waals surface area contributed by atoms with E-state index in [1.54, 1.807) is 18.4 Å². The highest BCUT2D eigenvalue weighted by Gasteiger charge is 2.14. The maximum Gasteiger partial charge on any atom is 0.213 e. The number of imidazole rings is 1. The lowest BCUT2D eigenvalue weighted by atomic mass is 10.1. The van der Waals surface area contributed by atoms with Crippen LogP contribution in [0.5, 0.6) is 5.75 Å². The molecule has 0 amide bonds. The molecule has 0 aliphatic carbocycles. The summed E-state index contributed by atoms with van der Waals surface area (Å²) < 4.78 is 7.11. The number of nitrogens with one attached hydrogen (secondary N) is 1. The van der Waals surface area contributed by atoms with E-state index < -0.39 is 0 Å². The van der Waals surface area contributed by atoms with E-state index in [1.165, 1.54) is 0 Å². The number of methoxy groups -OCH3 is 1. The highest BCUT2D eigenvalue weighted by Crippen LogP contribution is 2.34. The zero-order chi connectivity index (χ0) is 17.7. The maximum atomic E-state index is 6.15. The molecule has 26 heavy (non-hydrogen) atoms. The monoisotopic (exact) mass is 380 g/mol. The predicted octanol–water partition coefficient (Wildman–Crippen LogP) is 5.27. The summed E-state index contributed by atoms with van der Waals surface area (Å²) in [4.78, 5) is 8.82. The van der Waals surface area contributed by atoms with Crippen LogP contribution < -0.4 is 4.74 Å². The molecular formula is C19H13ClN4OS. The van der Waals surface area contributed by atoms with Gasteiger partial charge in [0, 0.05) is 33.2 Å². The molecule has 0 unspecified atom stereocenters. The first kappa shape index (κ1) is 15.4. The zero-order valence-electron chi connectivity index (χ0n) is 13.7. The van der Waals surface area contributed by atoms with Crippen molar-refractivity contribution in [2.45, 2.75) is 0 Å². The Bertz CT molecular complexity index is 1220. The van der Waals surface area contributed by atoms with Crippen molar-refractivity contribution in [1.82, 2.24) is 19.6 Å². The molecule has 0 aliphatic rings. The fourth-order valence-electron chi connectivity index (χ4n) is 3.00. The van der Waals surface area contributed by atoms with Gasteiger partial charge in [0.1, 0.15) is 10.8 Å². The average molecular weight is 381 g/mol. The second kappa shape index (κ2) is 5.86. The van der Waals surface area contributed by atoms with Crippen molar-refractivity contribution in [3.8, 4) is 27.6 Å². The van der Waals surface area contributed by atoms with Crippen LogP contribution in [0.3, 0.4) is 0 Å². The van der Waals surface area contributed by atoms with Gasteiger partial charge in [-0.05, 0) is 30.3 Å². The molecule has 0 radical (unpaired) electrons. The van der Waals surface area contributed by atoms with Crippen LogP contribution in [0.4, 0.5) is 0 Å². The van der Waals surface area contributed by atoms with E-state index in [4.69, 9.17) is 26.4 Å². The number of hydrogen-bond donors (Lipinski definition) is 1. The van der Waals surface area contributed by atoms with Crippen LogP contribution in [-0.4, -0.2) is 26.7 Å². The number of aromatic nitrogens is 4. The number of H-pyrrole nitrogens is 1. The Balaban J connectivity index is 1.59. The maximum absolute atomic E-state index is 6.15. The summed E-state index contributed by atoms with van der Waals surface area (Å²) in [7, 11) is 1.66. The molecule has 2 aromatic carbocycles. The summed E-state index contributed by atoms with van der Waals surface area (Å²) in [6, 6.07) is 13.7. The van der Waals surface area contributed by atoms with Crippen molar-refractivity contribution in [3.63, 3.8) is 0 Å². The summed E-state index contributed by atoms with van der Waals surface area (Å²) >= 11 is 7.69. The van der Waals surface area contributed by atoms with Crippen molar-refractivity contribution < 1.29 is 4.74 Å². The molecule has 0 spiro atoms. The lowest BCUT2D eigenvalue weighted by molar-refractivity contribution is 0.415. The van der Waals surface area contributed by atoms with Gasteiger partial charge in [0.05, 0.1) is 19.0 Å². The zero-order valence-corrected chi connectivity index (χ0v) is 15.3. The minimum Gasteiger partial charge on any atom is -0.497 e. The van der Waals surface area contributed by atoms with Crippen LogP contribution >= 0.6 is 22.9 Å². The molecule has 0 bridgehead atoms. The lowest BCUT2D eigenvalue weighted by Crippen LogP contribution is -1.84. The molecule has 0 fully saturated rings. The van der Waals surface area contributed by atoms with Crippen LogP contribution in [0, 0.1) is 0 Å². The van der Waals surface area contributed by atoms with Gasteiger partial charge in [0.2, 0.25) is 4.96 Å². The molecule has 1 N–H and O–H groups in total. The highest BCUT2D eigenvalue weighted by atomic mass is 35.5. The van der Waals surface area contributed by atoms with E-state index in [-0.39, 0.29) is 0 Å². The van der Waals surface area contributed by atoms with Crippen molar-refractivity contribution in [2.75, 3.05) is 7.11 Å². The number of fused-ring (bicyclic) bond motifs is 2. The molecule has 3 aromatic heterocycles. The quantitative estimate of drug-likeness (QED) is 0.464. The van der Waals surface area contributed by atoms with Gasteiger partial charge in [0.15, 0.2) is 0 Å². The topological polar surface area (TPSA) is 55.2 Å². The number of benzene rings is 2. The summed E-state index contributed by atoms with van der Waals surface area (Å²) in [6.45, 7) is 0. The van der Waals surface area contributed by atoms with Crippen LogP contribution in [0.2, 0.25) is 5.02 Å². The third-order valence-corrected chi connectivity index (χ3v) is 5.47. The number of hydrogen-bond acceptors (Lipinski definition) is 4. The number of aromatic amines is 1. The predicted molar refractivity (Wildman–Crippen MR) is 105 cm³/mol. The minimum absolute atomic E-state index is 0.708. The van der Waals surface area contributed by atoms with Crippen LogP contribution in [0.15, 0.2) is 54.9 Å². The molecule has 7 heteroatoms. The molecule has 5 nitrogen and oxygen atoms in total. The Hall–Kier alpha value is -2.83. The molecule has 0 saturated heterocycles. The van der Waals surface area contributed by atoms with Crippen LogP contribution in [-0.2, 0) is 0 Å². The number of rotatable bonds is 3. The van der Waals surface area contributed by atoms with E-state index in [2.05, 4.69) is 4.98 Å². The Morgan fingerprint density at radius 1 is 1.19 bits per heavy atom. The minimum atomic E-state index is 0.708. The second-order valence-electron chi connectivity index (χ2n) is 5.88. The molecule has 3 heterocycles. The van der Waals surface area contributed by atoms with Gasteiger partial charge in [-0.1, -0.05) is 35.1 Å². The highest BCUT2D eigenvalue weighted by molar-refractivity contribution is 7.20. The number of ether oxygens (including phenoxy) is 1. The largest absolute Gasteiger partial charge is 0.497 e. The fourth-order valence-corrected chi connectivity index (χ4v) is 4.08. The molecule has 0 saturated carbocycles. The van der Waals surface area contributed by atoms with Gasteiger partial charge in [-0.3, -0.25) is 0 Å². The van der Waals surface area contributed by atoms with E-state index in [9.17, 15) is 0 Å². The van der Waals surface area contributed by atoms with E-state index in [1.807, 2.05) is 59.4 Å². The first-order valence-corrected chi connectivity index (χ1v) is 9.18. The Labute approximate surface area is 157 Å². The average Bonchev–Trinajstić information content (AvgIpc) is 3.33. The van der Waals surface area contributed by atoms with Crippen LogP contribution in [0.25, 0.3) is 37.7 Å². The Morgan fingerprint density at radius 3 is 2.96 bits per heavy atom. The molecule has 5 rings (SSSR count). The van der Waals surface area contributed by atoms with Gasteiger partial charge in [-0.15, -0.1) is 0 Å². The Kier molecular flexibility index (Phi) is 3.48. The van der Waals surface area contributed by atoms with E-state index in [0.29, 0.717) is 5.02 Å². The SMILES string of the molecule is COc1cccc(-c2cn3nc(-c4c[nH]c5ccc(Cl)cc45)sc3n2)c1. The van der Waals surface area contributed by atoms with Crippen molar-refractivity contribution >= 4 is 38.8 Å². The summed E-state index contributed by atoms with van der Waals surface area (Å²) in [5.74, 6) is 0.808. The van der Waals surface area contributed by atoms with Crippen LogP contribution in [0.1, 0.15) is 0 Å². The second-order valence-corrected chi connectivity index (χ2v) is 7.28. The molecular weight excluding hydrogens is 368 g/mol. The van der Waals surface area contributed by atoms with Crippen molar-refractivity contribution in [3.05, 3.63) is 59.9 Å². The van der Waals surface area contributed by atoms with E-state index >= 15 is 0 Å². The summed E-state index contributed by atoms with van der Waals surface area (Å²) in [6.07, 6.45) is 3.90. The van der Waals surface area contributed by atoms with Gasteiger partial charge < -0.3 is 9.72 Å². The first-order chi connectivity index (χ1) is 12.7. The molecule has 0 atom stereocenters. The third-order valence-electron chi connectivity index (χ3n) is 4.28. The first-order valence-electron chi connectivity index (χ1n) is 7.99. The third kappa shape index (κ3) is 2.46. The lowest BCUT2D eigenvalue weighted by Gasteiger charge is -2.01. The van der Waals surface area contributed by atoms with Gasteiger partial charge in [0.25, 0.3) is 0 Å².